The molecule has 8 nitrogen and oxygen atoms in total. The van der Waals surface area contributed by atoms with E-state index >= 15 is 0 Å². The maximum absolute atomic E-state index is 12.9. The molecule has 3 rings (SSSR count). The smallest absolute Gasteiger partial charge is 0.269 e. The summed E-state index contributed by atoms with van der Waals surface area (Å²) in [6.07, 6.45) is 1.82. The quantitative estimate of drug-likeness (QED) is 0.463. The summed E-state index contributed by atoms with van der Waals surface area (Å²) in [4.78, 5) is 39.9. The summed E-state index contributed by atoms with van der Waals surface area (Å²) in [6, 6.07) is 6.34. The molecule has 1 aromatic carbocycles. The topological polar surface area (TPSA) is 95.8 Å². The summed E-state index contributed by atoms with van der Waals surface area (Å²) in [5.41, 5.74) is 0.0397. The van der Waals surface area contributed by atoms with Crippen molar-refractivity contribution >= 4 is 29.3 Å². The number of rotatable bonds is 5. The third-order valence-electron chi connectivity index (χ3n) is 4.98. The minimum Gasteiger partial charge on any atom is -0.340 e. The van der Waals surface area contributed by atoms with Crippen molar-refractivity contribution in [1.82, 2.24) is 15.1 Å². The fraction of sp³-hybridized carbons (Fsp3) is 0.556. The van der Waals surface area contributed by atoms with Gasteiger partial charge in [-0.3, -0.25) is 19.7 Å². The molecule has 1 N–H and O–H groups in total. The Morgan fingerprint density at radius 1 is 1.33 bits per heavy atom. The van der Waals surface area contributed by atoms with Crippen LogP contribution in [0.4, 0.5) is 5.69 Å². The Morgan fingerprint density at radius 2 is 2.07 bits per heavy atom. The van der Waals surface area contributed by atoms with Gasteiger partial charge in [-0.2, -0.15) is 0 Å². The second-order valence-electron chi connectivity index (χ2n) is 6.86. The van der Waals surface area contributed by atoms with Gasteiger partial charge in [0.15, 0.2) is 0 Å². The highest BCUT2D eigenvalue weighted by atomic mass is 32.2. The number of hydrogen-bond donors (Lipinski definition) is 1. The van der Waals surface area contributed by atoms with E-state index in [0.29, 0.717) is 26.2 Å². The molecule has 2 saturated heterocycles. The first-order valence-corrected chi connectivity index (χ1v) is 10.0. The number of non-ortho nitro benzene ring substituents is 1. The zero-order valence-corrected chi connectivity index (χ0v) is 16.1. The van der Waals surface area contributed by atoms with Gasteiger partial charge in [-0.15, -0.1) is 11.8 Å². The van der Waals surface area contributed by atoms with Gasteiger partial charge in [0.05, 0.1) is 16.7 Å². The van der Waals surface area contributed by atoms with E-state index in [0.717, 1.165) is 24.3 Å². The van der Waals surface area contributed by atoms with E-state index in [1.807, 2.05) is 16.7 Å². The second kappa shape index (κ2) is 8.71. The summed E-state index contributed by atoms with van der Waals surface area (Å²) in [5, 5.41) is 13.5. The number of nitrogens with one attached hydrogen (secondary N) is 1. The molecular weight excluding hydrogens is 368 g/mol. The Bertz CT molecular complexity index is 712. The van der Waals surface area contributed by atoms with E-state index in [1.165, 1.54) is 23.9 Å². The van der Waals surface area contributed by atoms with Crippen LogP contribution < -0.4 is 5.32 Å². The summed E-state index contributed by atoms with van der Waals surface area (Å²) in [7, 11) is 0. The van der Waals surface area contributed by atoms with Crippen molar-refractivity contribution in [3.63, 3.8) is 0 Å². The molecule has 1 aromatic rings. The molecule has 2 aliphatic heterocycles. The lowest BCUT2D eigenvalue weighted by Gasteiger charge is -2.41. The third-order valence-corrected chi connectivity index (χ3v) is 6.08. The monoisotopic (exact) mass is 392 g/mol. The molecular formula is C18H24N4O4S. The van der Waals surface area contributed by atoms with Gasteiger partial charge < -0.3 is 15.1 Å². The number of amides is 2. The first-order chi connectivity index (χ1) is 13.0. The summed E-state index contributed by atoms with van der Waals surface area (Å²) < 4.78 is 0. The normalized spacial score (nSPS) is 21.8. The van der Waals surface area contributed by atoms with Crippen LogP contribution in [-0.4, -0.2) is 70.6 Å². The molecule has 0 aliphatic carbocycles. The molecule has 2 amide bonds. The van der Waals surface area contributed by atoms with E-state index < -0.39 is 4.92 Å². The van der Waals surface area contributed by atoms with Crippen molar-refractivity contribution in [1.29, 1.82) is 0 Å². The van der Waals surface area contributed by atoms with Crippen molar-refractivity contribution in [3.05, 3.63) is 34.4 Å². The zero-order valence-electron chi connectivity index (χ0n) is 15.3. The van der Waals surface area contributed by atoms with Crippen LogP contribution in [0.2, 0.25) is 0 Å². The molecule has 2 unspecified atom stereocenters. The Labute approximate surface area is 162 Å². The molecule has 2 fully saturated rings. The molecule has 0 spiro atoms. The van der Waals surface area contributed by atoms with Gasteiger partial charge in [0.2, 0.25) is 11.8 Å². The van der Waals surface area contributed by atoms with Crippen LogP contribution in [0.25, 0.3) is 0 Å². The minimum atomic E-state index is -0.436. The van der Waals surface area contributed by atoms with E-state index in [-0.39, 0.29) is 28.8 Å². The standard InChI is InChI=1S/C18H24N4O4S/c1-13(27-16-6-4-14(5-7-16)22(25)26)18(24)20-9-2-3-15(12-20)21-10-8-19-11-17(21)23/h4-7,13,15,19H,2-3,8-12H2,1H3. The SMILES string of the molecule is CC(Sc1ccc([N+](=O)[O-])cc1)C(=O)N1CCCC(N2CCNCC2=O)C1. The van der Waals surface area contributed by atoms with Gasteiger partial charge in [0, 0.05) is 49.2 Å². The number of nitrogens with zero attached hydrogens (tertiary/aromatic N) is 3. The Balaban J connectivity index is 1.58. The molecule has 2 aliphatic rings. The fourth-order valence-corrected chi connectivity index (χ4v) is 4.53. The minimum absolute atomic E-state index is 0.0397. The predicted molar refractivity (Wildman–Crippen MR) is 103 cm³/mol. The van der Waals surface area contributed by atoms with Crippen LogP contribution in [0.5, 0.6) is 0 Å². The number of carbonyl (C=O) groups is 2. The molecule has 2 atom stereocenters. The summed E-state index contributed by atoms with van der Waals surface area (Å²) >= 11 is 1.40. The molecule has 0 saturated carbocycles. The first kappa shape index (κ1) is 19.6. The molecule has 0 radical (unpaired) electrons. The van der Waals surface area contributed by atoms with Gasteiger partial charge in [-0.25, -0.2) is 0 Å². The highest BCUT2D eigenvalue weighted by molar-refractivity contribution is 8.00. The summed E-state index contributed by atoms with van der Waals surface area (Å²) in [5.74, 6) is 0.152. The average Bonchev–Trinajstić information content (AvgIpc) is 2.68. The third kappa shape index (κ3) is 4.78. The Hall–Kier alpha value is -2.13. The van der Waals surface area contributed by atoms with E-state index in [2.05, 4.69) is 5.32 Å². The van der Waals surface area contributed by atoms with Gasteiger partial charge in [0.25, 0.3) is 5.69 Å². The second-order valence-corrected chi connectivity index (χ2v) is 8.27. The van der Waals surface area contributed by atoms with Crippen molar-refractivity contribution in [2.45, 2.75) is 36.0 Å². The molecule has 2 heterocycles. The highest BCUT2D eigenvalue weighted by Crippen LogP contribution is 2.27. The maximum Gasteiger partial charge on any atom is 0.269 e. The number of thioether (sulfide) groups is 1. The van der Waals surface area contributed by atoms with E-state index in [1.54, 1.807) is 12.1 Å². The number of likely N-dealkylation sites (tertiary alicyclic amines) is 1. The lowest BCUT2D eigenvalue weighted by Crippen LogP contribution is -2.58. The largest absolute Gasteiger partial charge is 0.340 e. The lowest BCUT2D eigenvalue weighted by molar-refractivity contribution is -0.384. The van der Waals surface area contributed by atoms with Crippen LogP contribution in [0.15, 0.2) is 29.2 Å². The van der Waals surface area contributed by atoms with Crippen molar-refractivity contribution in [2.24, 2.45) is 0 Å². The average molecular weight is 392 g/mol. The Kier molecular flexibility index (Phi) is 6.33. The zero-order chi connectivity index (χ0) is 19.4. The van der Waals surface area contributed by atoms with Crippen LogP contribution in [-0.2, 0) is 9.59 Å². The highest BCUT2D eigenvalue weighted by Gasteiger charge is 2.33. The fourth-order valence-electron chi connectivity index (χ4n) is 3.57. The lowest BCUT2D eigenvalue weighted by atomic mass is 10.0. The van der Waals surface area contributed by atoms with Gasteiger partial charge in [-0.05, 0) is 31.9 Å². The van der Waals surface area contributed by atoms with Gasteiger partial charge >= 0.3 is 0 Å². The number of piperidine rings is 1. The van der Waals surface area contributed by atoms with Crippen LogP contribution in [0.1, 0.15) is 19.8 Å². The van der Waals surface area contributed by atoms with Crippen molar-refractivity contribution < 1.29 is 14.5 Å². The van der Waals surface area contributed by atoms with Crippen molar-refractivity contribution in [2.75, 3.05) is 32.7 Å². The molecule has 0 bridgehead atoms. The first-order valence-electron chi connectivity index (χ1n) is 9.16. The Morgan fingerprint density at radius 3 is 2.74 bits per heavy atom. The number of benzene rings is 1. The van der Waals surface area contributed by atoms with Crippen LogP contribution in [0, 0.1) is 10.1 Å². The molecule has 0 aromatic heterocycles. The van der Waals surface area contributed by atoms with Crippen molar-refractivity contribution in [3.8, 4) is 0 Å². The molecule has 27 heavy (non-hydrogen) atoms. The maximum atomic E-state index is 12.9. The molecule has 9 heteroatoms. The van der Waals surface area contributed by atoms with E-state index in [9.17, 15) is 19.7 Å². The van der Waals surface area contributed by atoms with Gasteiger partial charge in [0.1, 0.15) is 0 Å². The number of nitro groups is 1. The number of carbonyl (C=O) groups excluding carboxylic acids is 2. The van der Waals surface area contributed by atoms with Crippen LogP contribution >= 0.6 is 11.8 Å². The number of piperazine rings is 1. The summed E-state index contributed by atoms with van der Waals surface area (Å²) in [6.45, 7) is 5.00. The molecule has 146 valence electrons. The van der Waals surface area contributed by atoms with E-state index in [4.69, 9.17) is 0 Å². The van der Waals surface area contributed by atoms with Gasteiger partial charge in [-0.1, -0.05) is 0 Å². The predicted octanol–water partition coefficient (Wildman–Crippen LogP) is 1.50. The number of nitro benzene ring substituents is 1. The van der Waals surface area contributed by atoms with Crippen LogP contribution in [0.3, 0.4) is 0 Å². The number of hydrogen-bond acceptors (Lipinski definition) is 6.